The van der Waals surface area contributed by atoms with E-state index in [1.165, 1.54) is 6.92 Å². The fourth-order valence-corrected chi connectivity index (χ4v) is 5.54. The number of hydrogen-bond acceptors (Lipinski definition) is 3. The Balaban J connectivity index is 2.43. The van der Waals surface area contributed by atoms with Crippen LogP contribution in [0.25, 0.3) is 0 Å². The van der Waals surface area contributed by atoms with Crippen LogP contribution in [0.1, 0.15) is 60.3 Å². The van der Waals surface area contributed by atoms with Crippen LogP contribution < -0.4 is 0 Å². The van der Waals surface area contributed by atoms with Crippen LogP contribution in [0.5, 0.6) is 0 Å². The van der Waals surface area contributed by atoms with Crippen LogP contribution in [0.15, 0.2) is 0 Å². The molecule has 4 heteroatoms. The van der Waals surface area contributed by atoms with Crippen LogP contribution in [0.3, 0.4) is 0 Å². The first-order chi connectivity index (χ1) is 9.59. The molecule has 0 radical (unpaired) electrons. The normalized spacial score (nSPS) is 47.0. The second-order valence-corrected chi connectivity index (χ2v) is 8.97. The quantitative estimate of drug-likeness (QED) is 0.599. The van der Waals surface area contributed by atoms with E-state index in [0.29, 0.717) is 16.7 Å². The summed E-state index contributed by atoms with van der Waals surface area (Å²) in [6, 6.07) is 0. The smallest absolute Gasteiger partial charge is 0.302 e. The van der Waals surface area contributed by atoms with Gasteiger partial charge in [0, 0.05) is 17.7 Å². The Morgan fingerprint density at radius 2 is 1.90 bits per heavy atom. The molecule has 0 spiro atoms. The Kier molecular flexibility index (Phi) is 4.80. The first-order valence-electron chi connectivity index (χ1n) is 8.13. The molecule has 0 aromatic carbocycles. The Labute approximate surface area is 137 Å². The third-order valence-corrected chi connectivity index (χ3v) is 7.43. The highest BCUT2D eigenvalue weighted by Crippen LogP contribution is 2.59. The summed E-state index contributed by atoms with van der Waals surface area (Å²) in [5, 5.41) is 11.0. The zero-order chi connectivity index (χ0) is 16.0. The lowest BCUT2D eigenvalue weighted by molar-refractivity contribution is -0.201. The number of ether oxygens (including phenoxy) is 1. The van der Waals surface area contributed by atoms with Gasteiger partial charge in [0.2, 0.25) is 0 Å². The molecule has 2 rings (SSSR count). The molecule has 0 bridgehead atoms. The van der Waals surface area contributed by atoms with Crippen molar-refractivity contribution in [2.45, 2.75) is 76.8 Å². The topological polar surface area (TPSA) is 46.5 Å². The van der Waals surface area contributed by atoms with Gasteiger partial charge in [0.25, 0.3) is 0 Å². The van der Waals surface area contributed by atoms with Gasteiger partial charge in [-0.3, -0.25) is 4.79 Å². The van der Waals surface area contributed by atoms with E-state index in [1.54, 1.807) is 0 Å². The van der Waals surface area contributed by atoms with Gasteiger partial charge in [0.15, 0.2) is 0 Å². The molecule has 1 N–H and O–H groups in total. The van der Waals surface area contributed by atoms with Crippen LogP contribution >= 0.6 is 15.9 Å². The number of aliphatic hydroxyl groups is 1. The summed E-state index contributed by atoms with van der Waals surface area (Å²) in [6.07, 6.45) is 3.67. The average Bonchev–Trinajstić information content (AvgIpc) is 2.33. The molecule has 0 aromatic rings. The number of alkyl halides is 1. The molecule has 2 aliphatic rings. The summed E-state index contributed by atoms with van der Waals surface area (Å²) >= 11 is 3.84. The second kappa shape index (κ2) is 5.84. The predicted molar refractivity (Wildman–Crippen MR) is 87.3 cm³/mol. The molecule has 0 saturated heterocycles. The highest BCUT2D eigenvalue weighted by molar-refractivity contribution is 9.09. The van der Waals surface area contributed by atoms with Crippen LogP contribution in [-0.4, -0.2) is 27.6 Å². The van der Waals surface area contributed by atoms with Crippen LogP contribution in [0.2, 0.25) is 0 Å². The Hall–Kier alpha value is -0.0900. The van der Waals surface area contributed by atoms with Crippen molar-refractivity contribution in [3.8, 4) is 0 Å². The Morgan fingerprint density at radius 3 is 2.43 bits per heavy atom. The van der Waals surface area contributed by atoms with Gasteiger partial charge in [-0.1, -0.05) is 36.7 Å². The maximum absolute atomic E-state index is 11.6. The standard InChI is InChI=1S/C17H29BrO3/c1-10(2)12-6-8-16(4)13(18)7-9-17(5,20)15(16)14(12)21-11(3)19/h10,12-15,20H,6-9H2,1-5H3. The fourth-order valence-electron chi connectivity index (χ4n) is 4.80. The van der Waals surface area contributed by atoms with Gasteiger partial charge in [-0.25, -0.2) is 0 Å². The molecular weight excluding hydrogens is 332 g/mol. The van der Waals surface area contributed by atoms with E-state index in [9.17, 15) is 9.90 Å². The average molecular weight is 361 g/mol. The molecule has 2 fully saturated rings. The van der Waals surface area contributed by atoms with Gasteiger partial charge < -0.3 is 9.84 Å². The third kappa shape index (κ3) is 3.03. The molecule has 6 unspecified atom stereocenters. The van der Waals surface area contributed by atoms with E-state index >= 15 is 0 Å². The minimum absolute atomic E-state index is 0.00632. The lowest BCUT2D eigenvalue weighted by Gasteiger charge is -2.59. The number of fused-ring (bicyclic) bond motifs is 1. The molecule has 6 atom stereocenters. The number of hydrogen-bond donors (Lipinski definition) is 1. The third-order valence-electron chi connectivity index (χ3n) is 5.93. The lowest BCUT2D eigenvalue weighted by Crippen LogP contribution is -2.62. The van der Waals surface area contributed by atoms with Crippen molar-refractivity contribution in [1.82, 2.24) is 0 Å². The molecule has 2 saturated carbocycles. The Morgan fingerprint density at radius 1 is 1.29 bits per heavy atom. The van der Waals surface area contributed by atoms with Gasteiger partial charge in [-0.2, -0.15) is 0 Å². The first-order valence-corrected chi connectivity index (χ1v) is 9.05. The van der Waals surface area contributed by atoms with Crippen molar-refractivity contribution in [2.75, 3.05) is 0 Å². The lowest BCUT2D eigenvalue weighted by atomic mass is 9.51. The highest BCUT2D eigenvalue weighted by Gasteiger charge is 2.60. The predicted octanol–water partition coefficient (Wildman–Crippen LogP) is 3.91. The van der Waals surface area contributed by atoms with Crippen LogP contribution in [-0.2, 0) is 9.53 Å². The van der Waals surface area contributed by atoms with E-state index in [1.807, 2.05) is 6.92 Å². The van der Waals surface area contributed by atoms with Gasteiger partial charge in [0.05, 0.1) is 5.60 Å². The van der Waals surface area contributed by atoms with E-state index in [4.69, 9.17) is 4.74 Å². The molecule has 3 nitrogen and oxygen atoms in total. The summed E-state index contributed by atoms with van der Waals surface area (Å²) in [4.78, 5) is 12.0. The van der Waals surface area contributed by atoms with Gasteiger partial charge >= 0.3 is 5.97 Å². The Bertz CT molecular complexity index is 407. The summed E-state index contributed by atoms with van der Waals surface area (Å²) in [5.74, 6) is 0.539. The second-order valence-electron chi connectivity index (χ2n) is 7.87. The largest absolute Gasteiger partial charge is 0.462 e. The summed E-state index contributed by atoms with van der Waals surface area (Å²) in [5.41, 5.74) is -0.792. The minimum Gasteiger partial charge on any atom is -0.462 e. The molecule has 21 heavy (non-hydrogen) atoms. The summed E-state index contributed by atoms with van der Waals surface area (Å²) < 4.78 is 5.76. The maximum atomic E-state index is 11.6. The number of carbonyl (C=O) groups excluding carboxylic acids is 1. The summed E-state index contributed by atoms with van der Waals surface area (Å²) in [7, 11) is 0. The molecule has 0 heterocycles. The van der Waals surface area contributed by atoms with E-state index in [2.05, 4.69) is 36.7 Å². The zero-order valence-corrected chi connectivity index (χ0v) is 15.4. The summed E-state index contributed by atoms with van der Waals surface area (Å²) in [6.45, 7) is 10.0. The SMILES string of the molecule is CC(=O)OC1C(C(C)C)CCC2(C)C(Br)CCC(C)(O)C12. The van der Waals surface area contributed by atoms with Crippen molar-refractivity contribution in [3.63, 3.8) is 0 Å². The van der Waals surface area contributed by atoms with Crippen LogP contribution in [0, 0.1) is 23.2 Å². The van der Waals surface area contributed by atoms with Crippen molar-refractivity contribution in [3.05, 3.63) is 0 Å². The monoisotopic (exact) mass is 360 g/mol. The fraction of sp³-hybridized carbons (Fsp3) is 0.941. The van der Waals surface area contributed by atoms with Crippen molar-refractivity contribution < 1.29 is 14.6 Å². The number of carbonyl (C=O) groups is 1. The zero-order valence-electron chi connectivity index (χ0n) is 13.9. The molecule has 122 valence electrons. The molecule has 0 amide bonds. The van der Waals surface area contributed by atoms with E-state index in [0.717, 1.165) is 25.7 Å². The highest BCUT2D eigenvalue weighted by atomic mass is 79.9. The molecular formula is C17H29BrO3. The first kappa shape index (κ1) is 17.3. The molecule has 0 aromatic heterocycles. The number of halogens is 1. The molecule has 0 aliphatic heterocycles. The van der Waals surface area contributed by atoms with Crippen molar-refractivity contribution >= 4 is 21.9 Å². The van der Waals surface area contributed by atoms with Crippen molar-refractivity contribution in [2.24, 2.45) is 23.2 Å². The van der Waals surface area contributed by atoms with Gasteiger partial charge in [0.1, 0.15) is 6.10 Å². The number of rotatable bonds is 2. The number of esters is 1. The van der Waals surface area contributed by atoms with Crippen molar-refractivity contribution in [1.29, 1.82) is 0 Å². The van der Waals surface area contributed by atoms with Crippen LogP contribution in [0.4, 0.5) is 0 Å². The minimum atomic E-state index is -0.771. The van der Waals surface area contributed by atoms with E-state index < -0.39 is 5.60 Å². The van der Waals surface area contributed by atoms with Gasteiger partial charge in [-0.15, -0.1) is 0 Å². The van der Waals surface area contributed by atoms with E-state index in [-0.39, 0.29) is 23.4 Å². The maximum Gasteiger partial charge on any atom is 0.302 e. The van der Waals surface area contributed by atoms with Gasteiger partial charge in [-0.05, 0) is 49.9 Å². The molecule has 2 aliphatic carbocycles.